The average Bonchev–Trinajstić information content (AvgIpc) is 2.59. The van der Waals surface area contributed by atoms with Crippen LogP contribution in [0.5, 0.6) is 0 Å². The van der Waals surface area contributed by atoms with E-state index in [0.717, 1.165) is 5.56 Å². The minimum Gasteiger partial charge on any atom is -0.0999 e. The maximum Gasteiger partial charge on any atom is 0.140 e. The molecule has 16 heavy (non-hydrogen) atoms. The van der Waals surface area contributed by atoms with Crippen molar-refractivity contribution >= 4 is 23.2 Å². The summed E-state index contributed by atoms with van der Waals surface area (Å²) in [6.07, 6.45) is 0. The number of rotatable bonds is 2. The van der Waals surface area contributed by atoms with Crippen molar-refractivity contribution in [1.82, 2.24) is 0 Å². The molecular formula is C11H11Cl2N3. The minimum absolute atomic E-state index is 0.476. The normalized spacial score (nSPS) is 29.2. The summed E-state index contributed by atoms with van der Waals surface area (Å²) in [5, 5.41) is 3.86. The fourth-order valence-corrected chi connectivity index (χ4v) is 3.23. The van der Waals surface area contributed by atoms with Gasteiger partial charge in [0.15, 0.2) is 0 Å². The predicted molar refractivity (Wildman–Crippen MR) is 65.5 cm³/mol. The molecule has 0 radical (unpaired) electrons. The highest BCUT2D eigenvalue weighted by molar-refractivity contribution is 6.53. The molecule has 3 nitrogen and oxygen atoms in total. The summed E-state index contributed by atoms with van der Waals surface area (Å²) in [6, 6.07) is 9.41. The lowest BCUT2D eigenvalue weighted by atomic mass is 9.97. The van der Waals surface area contributed by atoms with Gasteiger partial charge in [0, 0.05) is 10.3 Å². The van der Waals surface area contributed by atoms with E-state index in [1.165, 1.54) is 0 Å². The van der Waals surface area contributed by atoms with E-state index in [-0.39, 0.29) is 0 Å². The van der Waals surface area contributed by atoms with E-state index >= 15 is 0 Å². The first kappa shape index (κ1) is 11.6. The molecule has 1 aliphatic carbocycles. The third kappa shape index (κ3) is 1.08. The molecule has 1 aromatic rings. The van der Waals surface area contributed by atoms with Crippen molar-refractivity contribution in [3.8, 4) is 0 Å². The Balaban J connectivity index is 2.62. The Bertz CT molecular complexity index is 447. The van der Waals surface area contributed by atoms with Gasteiger partial charge >= 0.3 is 0 Å². The molecule has 5 heteroatoms. The van der Waals surface area contributed by atoms with Crippen LogP contribution in [-0.2, 0) is 5.54 Å². The summed E-state index contributed by atoms with van der Waals surface area (Å²) in [7, 11) is 0. The first-order valence-corrected chi connectivity index (χ1v) is 5.67. The number of alkyl halides is 2. The number of benzene rings is 1. The summed E-state index contributed by atoms with van der Waals surface area (Å²) in [5.41, 5.74) is 8.21. The van der Waals surface area contributed by atoms with Crippen LogP contribution in [0.15, 0.2) is 35.4 Å². The lowest BCUT2D eigenvalue weighted by molar-refractivity contribution is 0.508. The Morgan fingerprint density at radius 3 is 2.06 bits per heavy atom. The van der Waals surface area contributed by atoms with Crippen molar-refractivity contribution in [1.29, 1.82) is 0 Å². The molecule has 1 aliphatic rings. The summed E-state index contributed by atoms with van der Waals surface area (Å²) in [6.45, 7) is 3.80. The van der Waals surface area contributed by atoms with Crippen molar-refractivity contribution in [3.05, 3.63) is 46.3 Å². The summed E-state index contributed by atoms with van der Waals surface area (Å²) in [4.78, 5) is 2.89. The largest absolute Gasteiger partial charge is 0.140 e. The van der Waals surface area contributed by atoms with Crippen LogP contribution >= 0.6 is 23.2 Å². The third-order valence-electron chi connectivity index (χ3n) is 3.47. The van der Waals surface area contributed by atoms with E-state index in [4.69, 9.17) is 28.7 Å². The first-order valence-electron chi connectivity index (χ1n) is 4.91. The van der Waals surface area contributed by atoms with Crippen molar-refractivity contribution in [2.75, 3.05) is 0 Å². The van der Waals surface area contributed by atoms with Gasteiger partial charge in [-0.2, -0.15) is 0 Å². The fourth-order valence-electron chi connectivity index (χ4n) is 2.28. The van der Waals surface area contributed by atoms with E-state index in [1.54, 1.807) is 0 Å². The zero-order valence-electron chi connectivity index (χ0n) is 8.98. The molecule has 1 fully saturated rings. The second kappa shape index (κ2) is 3.30. The van der Waals surface area contributed by atoms with Crippen LogP contribution in [0.1, 0.15) is 19.4 Å². The van der Waals surface area contributed by atoms with Gasteiger partial charge in [-0.1, -0.05) is 72.5 Å². The highest BCUT2D eigenvalue weighted by Crippen LogP contribution is 2.78. The maximum absolute atomic E-state index is 8.71. The van der Waals surface area contributed by atoms with Gasteiger partial charge in [0.2, 0.25) is 0 Å². The lowest BCUT2D eigenvalue weighted by Crippen LogP contribution is -2.12. The standard InChI is InChI=1S/C11H11Cl2N3/c1-9(2)10(15-16-14,11(9,12)13)8-6-4-3-5-7-8/h3-7H,1-2H3. The molecule has 84 valence electrons. The van der Waals surface area contributed by atoms with Gasteiger partial charge in [-0.3, -0.25) is 0 Å². The molecule has 2 rings (SSSR count). The molecule has 1 atom stereocenters. The smallest absolute Gasteiger partial charge is 0.0999 e. The molecule has 1 unspecified atom stereocenters. The molecule has 0 amide bonds. The maximum atomic E-state index is 8.71. The van der Waals surface area contributed by atoms with Gasteiger partial charge in [0.1, 0.15) is 9.87 Å². The molecule has 0 N–H and O–H groups in total. The average molecular weight is 256 g/mol. The van der Waals surface area contributed by atoms with Crippen molar-refractivity contribution in [3.63, 3.8) is 0 Å². The van der Waals surface area contributed by atoms with E-state index in [0.29, 0.717) is 0 Å². The zero-order chi connectivity index (χ0) is 12.0. The second-order valence-electron chi connectivity index (χ2n) is 4.47. The number of hydrogen-bond donors (Lipinski definition) is 0. The topological polar surface area (TPSA) is 48.8 Å². The molecule has 0 spiro atoms. The number of halogens is 2. The van der Waals surface area contributed by atoms with Gasteiger partial charge in [-0.25, -0.2) is 0 Å². The van der Waals surface area contributed by atoms with Crippen LogP contribution in [0.3, 0.4) is 0 Å². The van der Waals surface area contributed by atoms with Gasteiger partial charge < -0.3 is 0 Å². The van der Waals surface area contributed by atoms with Crippen molar-refractivity contribution in [2.24, 2.45) is 10.5 Å². The molecule has 0 aromatic heterocycles. The van der Waals surface area contributed by atoms with Crippen LogP contribution in [0.25, 0.3) is 10.4 Å². The van der Waals surface area contributed by atoms with Crippen LogP contribution in [0.2, 0.25) is 0 Å². The highest BCUT2D eigenvalue weighted by atomic mass is 35.5. The Kier molecular flexibility index (Phi) is 2.39. The minimum atomic E-state index is -1.06. The Morgan fingerprint density at radius 2 is 1.69 bits per heavy atom. The highest BCUT2D eigenvalue weighted by Gasteiger charge is 2.82. The van der Waals surface area contributed by atoms with E-state index in [9.17, 15) is 0 Å². The summed E-state index contributed by atoms with van der Waals surface area (Å²) >= 11 is 12.5. The van der Waals surface area contributed by atoms with Gasteiger partial charge in [-0.15, -0.1) is 0 Å². The van der Waals surface area contributed by atoms with Crippen molar-refractivity contribution < 1.29 is 0 Å². The fraction of sp³-hybridized carbons (Fsp3) is 0.455. The molecule has 1 aromatic carbocycles. The molecule has 0 bridgehead atoms. The summed E-state index contributed by atoms with van der Waals surface area (Å²) < 4.78 is -1.06. The van der Waals surface area contributed by atoms with Crippen LogP contribution in [0, 0.1) is 5.41 Å². The Hall–Kier alpha value is -0.890. The van der Waals surface area contributed by atoms with E-state index in [2.05, 4.69) is 10.0 Å². The quantitative estimate of drug-likeness (QED) is 0.326. The van der Waals surface area contributed by atoms with E-state index in [1.807, 2.05) is 44.2 Å². The summed E-state index contributed by atoms with van der Waals surface area (Å²) in [5.74, 6) is 0. The third-order valence-corrected chi connectivity index (χ3v) is 4.96. The molecular weight excluding hydrogens is 245 g/mol. The van der Waals surface area contributed by atoms with Gasteiger partial charge in [0.05, 0.1) is 0 Å². The SMILES string of the molecule is CC1(C)C(Cl)(Cl)C1(N=[N+]=[N-])c1ccccc1. The molecule has 0 saturated heterocycles. The Morgan fingerprint density at radius 1 is 1.19 bits per heavy atom. The number of hydrogen-bond acceptors (Lipinski definition) is 1. The van der Waals surface area contributed by atoms with Crippen LogP contribution < -0.4 is 0 Å². The van der Waals surface area contributed by atoms with Gasteiger partial charge in [-0.05, 0) is 11.1 Å². The molecule has 1 saturated carbocycles. The van der Waals surface area contributed by atoms with Crippen LogP contribution in [0.4, 0.5) is 0 Å². The molecule has 0 aliphatic heterocycles. The Labute approximate surface area is 104 Å². The van der Waals surface area contributed by atoms with Gasteiger partial charge in [0.25, 0.3) is 0 Å². The zero-order valence-corrected chi connectivity index (χ0v) is 10.5. The van der Waals surface area contributed by atoms with E-state index < -0.39 is 15.3 Å². The monoisotopic (exact) mass is 255 g/mol. The van der Waals surface area contributed by atoms with Crippen LogP contribution in [-0.4, -0.2) is 4.33 Å². The lowest BCUT2D eigenvalue weighted by Gasteiger charge is -2.13. The number of azide groups is 1. The first-order chi connectivity index (χ1) is 7.42. The van der Waals surface area contributed by atoms with Crippen molar-refractivity contribution in [2.45, 2.75) is 23.7 Å². The second-order valence-corrected chi connectivity index (χ2v) is 5.79. The predicted octanol–water partition coefficient (Wildman–Crippen LogP) is 4.41. The molecule has 0 heterocycles. The number of nitrogens with zero attached hydrogens (tertiary/aromatic N) is 3.